The van der Waals surface area contributed by atoms with Crippen LogP contribution in [-0.4, -0.2) is 17.5 Å². The fraction of sp³-hybridized carbons (Fsp3) is 0.133. The number of amides is 1. The molecule has 0 fully saturated rings. The first-order valence-corrected chi connectivity index (χ1v) is 6.35. The quantitative estimate of drug-likeness (QED) is 0.841. The fourth-order valence-corrected chi connectivity index (χ4v) is 2.21. The number of anilines is 2. The van der Waals surface area contributed by atoms with Crippen LogP contribution < -0.4 is 15.4 Å². The first-order chi connectivity index (χ1) is 10.2. The molecule has 0 bridgehead atoms. The average Bonchev–Trinajstić information content (AvgIpc) is 2.50. The van der Waals surface area contributed by atoms with Gasteiger partial charge in [-0.3, -0.25) is 4.79 Å². The maximum atomic E-state index is 12.1. The van der Waals surface area contributed by atoms with Gasteiger partial charge in [-0.1, -0.05) is 0 Å². The van der Waals surface area contributed by atoms with Crippen LogP contribution >= 0.6 is 0 Å². The molecule has 1 aliphatic rings. The summed E-state index contributed by atoms with van der Waals surface area (Å²) in [6.45, 7) is 0.336. The molecule has 0 unspecified atom stereocenters. The van der Waals surface area contributed by atoms with E-state index < -0.39 is 0 Å². The third-order valence-electron chi connectivity index (χ3n) is 3.21. The Hall–Kier alpha value is -3.07. The zero-order chi connectivity index (χ0) is 14.8. The molecule has 0 radical (unpaired) electrons. The smallest absolute Gasteiger partial charge is 0.265 e. The van der Waals surface area contributed by atoms with Gasteiger partial charge in [0.05, 0.1) is 12.2 Å². The van der Waals surface area contributed by atoms with E-state index in [0.717, 1.165) is 5.56 Å². The lowest BCUT2D eigenvalue weighted by Gasteiger charge is -2.29. The van der Waals surface area contributed by atoms with Crippen molar-refractivity contribution in [1.29, 1.82) is 5.26 Å². The van der Waals surface area contributed by atoms with Gasteiger partial charge < -0.3 is 15.4 Å². The molecule has 0 saturated carbocycles. The van der Waals surface area contributed by atoms with Gasteiger partial charge >= 0.3 is 0 Å². The first-order valence-electron chi connectivity index (χ1n) is 6.35. The number of hydrogen-bond acceptors (Lipinski definition) is 5. The van der Waals surface area contributed by atoms with Crippen molar-refractivity contribution in [3.63, 3.8) is 0 Å². The van der Waals surface area contributed by atoms with Crippen LogP contribution in [0.25, 0.3) is 0 Å². The van der Waals surface area contributed by atoms with Crippen LogP contribution in [0, 0.1) is 11.3 Å². The number of aromatic nitrogens is 1. The Bertz CT molecular complexity index is 752. The molecule has 1 amide bonds. The van der Waals surface area contributed by atoms with E-state index in [1.54, 1.807) is 41.4 Å². The second-order valence-corrected chi connectivity index (χ2v) is 4.66. The van der Waals surface area contributed by atoms with Gasteiger partial charge in [0, 0.05) is 11.9 Å². The number of nitrogens with two attached hydrogens (primary N) is 1. The van der Waals surface area contributed by atoms with Crippen molar-refractivity contribution in [1.82, 2.24) is 4.98 Å². The highest BCUT2D eigenvalue weighted by atomic mass is 16.5. The maximum absolute atomic E-state index is 12.1. The highest BCUT2D eigenvalue weighted by Gasteiger charge is 2.25. The molecule has 6 nitrogen and oxygen atoms in total. The summed E-state index contributed by atoms with van der Waals surface area (Å²) >= 11 is 0. The van der Waals surface area contributed by atoms with E-state index in [2.05, 4.69) is 4.98 Å². The summed E-state index contributed by atoms with van der Waals surface area (Å²) in [5.74, 6) is 0.474. The minimum atomic E-state index is -0.150. The fourth-order valence-electron chi connectivity index (χ4n) is 2.21. The van der Waals surface area contributed by atoms with Crippen LogP contribution in [0.1, 0.15) is 11.3 Å². The standard InChI is InChI=1S/C15H12N4O2/c16-7-12-5-10(3-4-18-12)8-19-13-6-11(17)1-2-14(13)21-9-15(19)20/h1-6H,8-9,17H2. The van der Waals surface area contributed by atoms with Gasteiger partial charge in [-0.15, -0.1) is 0 Å². The molecule has 0 aliphatic carbocycles. The van der Waals surface area contributed by atoms with Crippen LogP contribution in [0.5, 0.6) is 5.75 Å². The Morgan fingerprint density at radius 1 is 1.38 bits per heavy atom. The van der Waals surface area contributed by atoms with Crippen LogP contribution in [0.3, 0.4) is 0 Å². The molecule has 21 heavy (non-hydrogen) atoms. The number of nitriles is 1. The lowest BCUT2D eigenvalue weighted by Crippen LogP contribution is -2.38. The first kappa shape index (κ1) is 12.9. The summed E-state index contributed by atoms with van der Waals surface area (Å²) in [6.07, 6.45) is 1.55. The lowest BCUT2D eigenvalue weighted by atomic mass is 10.1. The van der Waals surface area contributed by atoms with E-state index in [0.29, 0.717) is 29.4 Å². The molecule has 2 aromatic rings. The highest BCUT2D eigenvalue weighted by molar-refractivity contribution is 5.98. The molecule has 0 atom stereocenters. The third-order valence-corrected chi connectivity index (χ3v) is 3.21. The molecule has 104 valence electrons. The Balaban J connectivity index is 1.96. The maximum Gasteiger partial charge on any atom is 0.265 e. The molecule has 0 spiro atoms. The van der Waals surface area contributed by atoms with Crippen LogP contribution in [0.2, 0.25) is 0 Å². The van der Waals surface area contributed by atoms with Crippen molar-refractivity contribution in [2.24, 2.45) is 0 Å². The number of carbonyl (C=O) groups is 1. The number of fused-ring (bicyclic) bond motifs is 1. The monoisotopic (exact) mass is 280 g/mol. The minimum Gasteiger partial charge on any atom is -0.482 e. The van der Waals surface area contributed by atoms with Crippen LogP contribution in [0.15, 0.2) is 36.5 Å². The van der Waals surface area contributed by atoms with Gasteiger partial charge in [-0.25, -0.2) is 4.98 Å². The summed E-state index contributed by atoms with van der Waals surface area (Å²) in [7, 11) is 0. The largest absolute Gasteiger partial charge is 0.482 e. The third kappa shape index (κ3) is 2.49. The number of carbonyl (C=O) groups excluding carboxylic acids is 1. The molecule has 6 heteroatoms. The Morgan fingerprint density at radius 2 is 2.24 bits per heavy atom. The summed E-state index contributed by atoms with van der Waals surface area (Å²) in [5.41, 5.74) is 8.13. The van der Waals surface area contributed by atoms with Crippen molar-refractivity contribution in [2.75, 3.05) is 17.2 Å². The minimum absolute atomic E-state index is 0.00684. The average molecular weight is 280 g/mol. The van der Waals surface area contributed by atoms with Gasteiger partial charge in [-0.2, -0.15) is 5.26 Å². The predicted octanol–water partition coefficient (Wildman–Crippen LogP) is 1.46. The van der Waals surface area contributed by atoms with E-state index in [1.165, 1.54) is 0 Å². The summed E-state index contributed by atoms with van der Waals surface area (Å²) < 4.78 is 5.39. The number of nitrogens with zero attached hydrogens (tertiary/aromatic N) is 3. The van der Waals surface area contributed by atoms with Crippen molar-refractivity contribution >= 4 is 17.3 Å². The van der Waals surface area contributed by atoms with Gasteiger partial charge in [0.25, 0.3) is 5.91 Å². The zero-order valence-electron chi connectivity index (χ0n) is 11.1. The second kappa shape index (κ2) is 5.13. The van der Waals surface area contributed by atoms with Crippen LogP contribution in [-0.2, 0) is 11.3 Å². The zero-order valence-corrected chi connectivity index (χ0v) is 11.1. The molecular weight excluding hydrogens is 268 g/mol. The van der Waals surface area contributed by atoms with Gasteiger partial charge in [0.1, 0.15) is 17.5 Å². The SMILES string of the molecule is N#Cc1cc(CN2C(=O)COc3ccc(N)cc32)ccn1. The molecular formula is C15H12N4O2. The summed E-state index contributed by atoms with van der Waals surface area (Å²) in [4.78, 5) is 17.6. The molecule has 1 aromatic carbocycles. The van der Waals surface area contributed by atoms with Crippen molar-refractivity contribution in [2.45, 2.75) is 6.54 Å². The molecule has 2 N–H and O–H groups in total. The Kier molecular flexibility index (Phi) is 3.16. The van der Waals surface area contributed by atoms with Gasteiger partial charge in [-0.05, 0) is 35.9 Å². The number of hydrogen-bond donors (Lipinski definition) is 1. The van der Waals surface area contributed by atoms with E-state index in [4.69, 9.17) is 15.7 Å². The topological polar surface area (TPSA) is 92.2 Å². The molecule has 0 saturated heterocycles. The number of pyridine rings is 1. The normalized spacial score (nSPS) is 13.3. The van der Waals surface area contributed by atoms with Gasteiger partial charge in [0.2, 0.25) is 0 Å². The summed E-state index contributed by atoms with van der Waals surface area (Å²) in [5, 5.41) is 8.88. The van der Waals surface area contributed by atoms with E-state index in [1.807, 2.05) is 6.07 Å². The molecule has 1 aliphatic heterocycles. The number of nitrogen functional groups attached to an aromatic ring is 1. The number of benzene rings is 1. The van der Waals surface area contributed by atoms with Crippen molar-refractivity contribution in [3.05, 3.63) is 47.8 Å². The van der Waals surface area contributed by atoms with E-state index in [9.17, 15) is 4.79 Å². The second-order valence-electron chi connectivity index (χ2n) is 4.66. The molecule has 2 heterocycles. The Labute approximate surface area is 121 Å². The predicted molar refractivity (Wildman–Crippen MR) is 76.5 cm³/mol. The molecule has 1 aromatic heterocycles. The molecule has 3 rings (SSSR count). The van der Waals surface area contributed by atoms with Crippen molar-refractivity contribution in [3.8, 4) is 11.8 Å². The van der Waals surface area contributed by atoms with Crippen molar-refractivity contribution < 1.29 is 9.53 Å². The van der Waals surface area contributed by atoms with E-state index >= 15 is 0 Å². The lowest BCUT2D eigenvalue weighted by molar-refractivity contribution is -0.121. The number of rotatable bonds is 2. The van der Waals surface area contributed by atoms with Crippen LogP contribution in [0.4, 0.5) is 11.4 Å². The van der Waals surface area contributed by atoms with E-state index in [-0.39, 0.29) is 12.5 Å². The summed E-state index contributed by atoms with van der Waals surface area (Å²) in [6, 6.07) is 10.6. The Morgan fingerprint density at radius 3 is 3.05 bits per heavy atom. The highest BCUT2D eigenvalue weighted by Crippen LogP contribution is 2.34. The van der Waals surface area contributed by atoms with Gasteiger partial charge in [0.15, 0.2) is 6.61 Å². The number of ether oxygens (including phenoxy) is 1.